The van der Waals surface area contributed by atoms with Crippen LogP contribution in [0.3, 0.4) is 0 Å². The lowest BCUT2D eigenvalue weighted by Gasteiger charge is -2.19. The van der Waals surface area contributed by atoms with Gasteiger partial charge in [-0.15, -0.1) is 11.3 Å². The molecule has 156 valence electrons. The van der Waals surface area contributed by atoms with E-state index in [4.69, 9.17) is 9.57 Å². The third-order valence-electron chi connectivity index (χ3n) is 4.07. The molecule has 11 heteroatoms. The Kier molecular flexibility index (Phi) is 7.94. The molecule has 2 aromatic heterocycles. The minimum atomic E-state index is -1.25. The molecule has 0 radical (unpaired) electrons. The van der Waals surface area contributed by atoms with Gasteiger partial charge in [0.15, 0.2) is 5.13 Å². The van der Waals surface area contributed by atoms with Crippen molar-refractivity contribution in [1.82, 2.24) is 14.8 Å². The lowest BCUT2D eigenvalue weighted by Crippen LogP contribution is -2.27. The molecule has 0 saturated heterocycles. The molecule has 2 heterocycles. The number of amides is 1. The fraction of sp³-hybridized carbons (Fsp3) is 0.529. The molecule has 0 aliphatic rings. The number of thiophene rings is 1. The van der Waals surface area contributed by atoms with Crippen molar-refractivity contribution in [1.29, 1.82) is 0 Å². The molecule has 0 fully saturated rings. The van der Waals surface area contributed by atoms with E-state index in [0.717, 1.165) is 22.4 Å². The van der Waals surface area contributed by atoms with Gasteiger partial charge in [0, 0.05) is 26.2 Å². The minimum Gasteiger partial charge on any atom is -0.381 e. The van der Waals surface area contributed by atoms with Crippen molar-refractivity contribution in [3.8, 4) is 0 Å². The van der Waals surface area contributed by atoms with Crippen LogP contribution < -0.4 is 0 Å². The molecule has 0 spiro atoms. The summed E-state index contributed by atoms with van der Waals surface area (Å²) < 4.78 is 21.2. The quantitative estimate of drug-likeness (QED) is 0.325. The van der Waals surface area contributed by atoms with Gasteiger partial charge < -0.3 is 9.84 Å². The largest absolute Gasteiger partial charge is 0.381 e. The second-order valence-electron chi connectivity index (χ2n) is 7.44. The number of halogens is 2. The normalized spacial score (nSPS) is 13.0. The maximum Gasteiger partial charge on any atom is 0.280 e. The van der Waals surface area contributed by atoms with Crippen molar-refractivity contribution in [3.05, 3.63) is 38.0 Å². The molecule has 0 bridgehead atoms. The van der Waals surface area contributed by atoms with Gasteiger partial charge in [0.1, 0.15) is 12.8 Å². The zero-order chi connectivity index (χ0) is 21.1. The third kappa shape index (κ3) is 5.71. The zero-order valence-electron chi connectivity index (χ0n) is 16.5. The maximum absolute atomic E-state index is 13.6. The molecule has 28 heavy (non-hydrogen) atoms. The summed E-state index contributed by atoms with van der Waals surface area (Å²) in [5, 5.41) is 15.7. The van der Waals surface area contributed by atoms with Gasteiger partial charge in [-0.1, -0.05) is 19.6 Å². The number of carbonyl (C=O) groups is 1. The van der Waals surface area contributed by atoms with Crippen molar-refractivity contribution in [3.63, 3.8) is 0 Å². The van der Waals surface area contributed by atoms with Gasteiger partial charge in [0.25, 0.3) is 5.91 Å². The molecule has 0 saturated carbocycles. The second kappa shape index (κ2) is 9.59. The standard InChI is InChI=1S/C17H25BrFN3O4SSi/c1-21(25-2)17(24)11-9-20-22(10-26-6-7-28(3,4)5)14(11)15(23)16-12(18)8-13(19)27-16/h8-9,15,23H,6-7,10H2,1-5H3. The fourth-order valence-electron chi connectivity index (χ4n) is 2.40. The molecule has 2 aromatic rings. The number of ether oxygens (including phenoxy) is 1. The van der Waals surface area contributed by atoms with Crippen molar-refractivity contribution in [2.24, 2.45) is 0 Å². The van der Waals surface area contributed by atoms with E-state index in [-0.39, 0.29) is 18.0 Å². The topological polar surface area (TPSA) is 76.8 Å². The predicted molar refractivity (Wildman–Crippen MR) is 111 cm³/mol. The van der Waals surface area contributed by atoms with Crippen molar-refractivity contribution >= 4 is 41.2 Å². The highest BCUT2D eigenvalue weighted by Crippen LogP contribution is 2.36. The van der Waals surface area contributed by atoms with Gasteiger partial charge in [0.2, 0.25) is 0 Å². The number of aromatic nitrogens is 2. The molecule has 1 atom stereocenters. The van der Waals surface area contributed by atoms with Gasteiger partial charge >= 0.3 is 0 Å². The van der Waals surface area contributed by atoms with Gasteiger partial charge in [-0.2, -0.15) is 9.49 Å². The SMILES string of the molecule is CON(C)C(=O)c1cnn(COCC[Si](C)(C)C)c1C(O)c1sc(F)cc1Br. The number of hydrogen-bond donors (Lipinski definition) is 1. The molecule has 0 aromatic carbocycles. The Morgan fingerprint density at radius 3 is 2.71 bits per heavy atom. The summed E-state index contributed by atoms with van der Waals surface area (Å²) in [6.45, 7) is 7.38. The van der Waals surface area contributed by atoms with E-state index in [1.54, 1.807) is 0 Å². The van der Waals surface area contributed by atoms with Gasteiger partial charge in [0.05, 0.1) is 29.4 Å². The van der Waals surface area contributed by atoms with Crippen LogP contribution in [-0.2, 0) is 16.3 Å². The summed E-state index contributed by atoms with van der Waals surface area (Å²) in [6.07, 6.45) is 0.104. The second-order valence-corrected chi connectivity index (χ2v) is 15.0. The molecule has 1 unspecified atom stereocenters. The minimum absolute atomic E-state index is 0.0757. The van der Waals surface area contributed by atoms with Gasteiger partial charge in [-0.25, -0.2) is 9.75 Å². The molecular formula is C17H25BrFN3O4SSi. The third-order valence-corrected chi connectivity index (χ3v) is 7.67. The maximum atomic E-state index is 13.6. The Morgan fingerprint density at radius 2 is 2.18 bits per heavy atom. The lowest BCUT2D eigenvalue weighted by molar-refractivity contribution is -0.0758. The van der Waals surface area contributed by atoms with E-state index < -0.39 is 25.2 Å². The average Bonchev–Trinajstić information content (AvgIpc) is 3.18. The van der Waals surface area contributed by atoms with Crippen LogP contribution in [-0.4, -0.2) is 54.7 Å². The number of aliphatic hydroxyl groups is 1. The van der Waals surface area contributed by atoms with E-state index in [1.807, 2.05) is 0 Å². The molecule has 1 N–H and O–H groups in total. The fourth-order valence-corrected chi connectivity index (χ4v) is 4.73. The van der Waals surface area contributed by atoms with Crippen LogP contribution in [0.15, 0.2) is 16.7 Å². The number of nitrogens with zero attached hydrogens (tertiary/aromatic N) is 3. The van der Waals surface area contributed by atoms with Crippen LogP contribution in [0, 0.1) is 5.13 Å². The summed E-state index contributed by atoms with van der Waals surface area (Å²) in [7, 11) is 1.58. The Hall–Kier alpha value is -1.11. The van der Waals surface area contributed by atoms with Crippen molar-refractivity contribution in [2.45, 2.75) is 38.5 Å². The highest BCUT2D eigenvalue weighted by atomic mass is 79.9. The zero-order valence-corrected chi connectivity index (χ0v) is 19.9. The Balaban J connectivity index is 2.33. The van der Waals surface area contributed by atoms with Crippen LogP contribution in [0.2, 0.25) is 25.7 Å². The average molecular weight is 494 g/mol. The first-order chi connectivity index (χ1) is 13.0. The predicted octanol–water partition coefficient (Wildman–Crippen LogP) is 3.87. The molecule has 2 rings (SSSR count). The van der Waals surface area contributed by atoms with Crippen LogP contribution in [0.5, 0.6) is 0 Å². The van der Waals surface area contributed by atoms with Crippen LogP contribution in [0.4, 0.5) is 4.39 Å². The first kappa shape index (κ1) is 23.2. The van der Waals surface area contributed by atoms with Gasteiger partial charge in [-0.05, 0) is 28.0 Å². The van der Waals surface area contributed by atoms with E-state index in [9.17, 15) is 14.3 Å². The smallest absolute Gasteiger partial charge is 0.280 e. The number of hydroxylamine groups is 2. The van der Waals surface area contributed by atoms with Crippen molar-refractivity contribution < 1.29 is 23.9 Å². The first-order valence-electron chi connectivity index (χ1n) is 8.63. The van der Waals surface area contributed by atoms with Crippen LogP contribution in [0.25, 0.3) is 0 Å². The highest BCUT2D eigenvalue weighted by Gasteiger charge is 2.29. The molecular weight excluding hydrogens is 469 g/mol. The van der Waals surface area contributed by atoms with E-state index in [0.29, 0.717) is 16.0 Å². The molecule has 7 nitrogen and oxygen atoms in total. The van der Waals surface area contributed by atoms with Gasteiger partial charge in [-0.3, -0.25) is 9.63 Å². The lowest BCUT2D eigenvalue weighted by atomic mass is 10.1. The van der Waals surface area contributed by atoms with E-state index in [1.165, 1.54) is 31.1 Å². The van der Waals surface area contributed by atoms with Crippen LogP contribution >= 0.6 is 27.3 Å². The van der Waals surface area contributed by atoms with E-state index >= 15 is 0 Å². The number of carbonyl (C=O) groups excluding carboxylic acids is 1. The van der Waals surface area contributed by atoms with Crippen LogP contribution in [0.1, 0.15) is 27.0 Å². The summed E-state index contributed by atoms with van der Waals surface area (Å²) >= 11 is 4.05. The summed E-state index contributed by atoms with van der Waals surface area (Å²) in [5.74, 6) is -0.474. The monoisotopic (exact) mass is 493 g/mol. The van der Waals surface area contributed by atoms with E-state index in [2.05, 4.69) is 40.7 Å². The summed E-state index contributed by atoms with van der Waals surface area (Å²) in [4.78, 5) is 17.9. The number of rotatable bonds is 9. The Labute approximate surface area is 177 Å². The summed E-state index contributed by atoms with van der Waals surface area (Å²) in [6, 6.07) is 2.25. The first-order valence-corrected chi connectivity index (χ1v) is 13.9. The molecule has 0 aliphatic heterocycles. The molecule has 0 aliphatic carbocycles. The number of hydrogen-bond acceptors (Lipinski definition) is 6. The summed E-state index contributed by atoms with van der Waals surface area (Å²) in [5.41, 5.74) is 0.385. The Bertz CT molecular complexity index is 824. The number of aliphatic hydroxyl groups excluding tert-OH is 1. The van der Waals surface area contributed by atoms with Crippen molar-refractivity contribution in [2.75, 3.05) is 20.8 Å². The Morgan fingerprint density at radius 1 is 1.50 bits per heavy atom. The highest BCUT2D eigenvalue weighted by molar-refractivity contribution is 9.10. The molecule has 1 amide bonds.